The standard InChI is InChI=1S/C10H13ClN4S/c1-5(2)6(3)16-9-7-8(13-4-12-7)14-10(11)15-9/h4-6H,1-3H3,(H,12,13,14,15). The molecule has 2 aromatic rings. The molecule has 2 heterocycles. The monoisotopic (exact) mass is 256 g/mol. The highest BCUT2D eigenvalue weighted by Crippen LogP contribution is 2.30. The second-order valence-corrected chi connectivity index (χ2v) is 5.67. The minimum atomic E-state index is 0.248. The SMILES string of the molecule is CC(C)C(C)Sc1nc(Cl)nc2nc[nH]c12. The molecule has 0 saturated carbocycles. The molecule has 0 aliphatic carbocycles. The second kappa shape index (κ2) is 4.59. The van der Waals surface area contributed by atoms with Crippen molar-refractivity contribution in [2.75, 3.05) is 0 Å². The molecule has 0 saturated heterocycles. The van der Waals surface area contributed by atoms with Crippen LogP contribution in [0.4, 0.5) is 0 Å². The summed E-state index contributed by atoms with van der Waals surface area (Å²) in [4.78, 5) is 15.4. The van der Waals surface area contributed by atoms with Gasteiger partial charge in [0, 0.05) is 5.25 Å². The first kappa shape index (κ1) is 11.7. The van der Waals surface area contributed by atoms with Gasteiger partial charge in [-0.2, -0.15) is 4.98 Å². The van der Waals surface area contributed by atoms with E-state index in [1.807, 2.05) is 0 Å². The van der Waals surface area contributed by atoms with Gasteiger partial charge in [0.1, 0.15) is 10.5 Å². The van der Waals surface area contributed by atoms with E-state index in [4.69, 9.17) is 11.6 Å². The summed E-state index contributed by atoms with van der Waals surface area (Å²) < 4.78 is 0. The Balaban J connectivity index is 2.39. The van der Waals surface area contributed by atoms with Crippen LogP contribution >= 0.6 is 23.4 Å². The number of rotatable bonds is 3. The Kier molecular flexibility index (Phi) is 3.35. The molecule has 1 unspecified atom stereocenters. The third-order valence-electron chi connectivity index (χ3n) is 2.46. The number of hydrogen-bond donors (Lipinski definition) is 1. The number of imidazole rings is 1. The van der Waals surface area contributed by atoms with Crippen molar-refractivity contribution in [3.05, 3.63) is 11.6 Å². The summed E-state index contributed by atoms with van der Waals surface area (Å²) in [6, 6.07) is 0. The Morgan fingerprint density at radius 1 is 1.31 bits per heavy atom. The Morgan fingerprint density at radius 2 is 2.06 bits per heavy atom. The molecule has 2 rings (SSSR count). The van der Waals surface area contributed by atoms with E-state index in [0.29, 0.717) is 16.8 Å². The van der Waals surface area contributed by atoms with Crippen molar-refractivity contribution in [2.45, 2.75) is 31.0 Å². The van der Waals surface area contributed by atoms with Crippen molar-refractivity contribution in [3.63, 3.8) is 0 Å². The Bertz CT molecular complexity index is 497. The van der Waals surface area contributed by atoms with Crippen LogP contribution < -0.4 is 0 Å². The van der Waals surface area contributed by atoms with E-state index in [1.54, 1.807) is 18.1 Å². The Labute approximate surface area is 103 Å². The third kappa shape index (κ3) is 2.30. The molecular weight excluding hydrogens is 244 g/mol. The van der Waals surface area contributed by atoms with Gasteiger partial charge in [-0.1, -0.05) is 20.8 Å². The lowest BCUT2D eigenvalue weighted by atomic mass is 10.2. The number of fused-ring (bicyclic) bond motifs is 1. The smallest absolute Gasteiger partial charge is 0.225 e. The number of halogens is 1. The van der Waals surface area contributed by atoms with Crippen LogP contribution in [0.15, 0.2) is 11.4 Å². The quantitative estimate of drug-likeness (QED) is 0.521. The maximum absolute atomic E-state index is 5.85. The summed E-state index contributed by atoms with van der Waals surface area (Å²) in [5, 5.41) is 1.59. The lowest BCUT2D eigenvalue weighted by Gasteiger charge is -2.14. The number of H-pyrrole nitrogens is 1. The maximum atomic E-state index is 5.85. The van der Waals surface area contributed by atoms with Crippen molar-refractivity contribution in [1.29, 1.82) is 0 Å². The molecule has 1 atom stereocenters. The zero-order valence-electron chi connectivity index (χ0n) is 9.36. The first-order chi connectivity index (χ1) is 7.58. The van der Waals surface area contributed by atoms with Crippen LogP contribution in [0.2, 0.25) is 5.28 Å². The molecule has 0 fully saturated rings. The summed E-state index contributed by atoms with van der Waals surface area (Å²) in [7, 11) is 0. The van der Waals surface area contributed by atoms with E-state index in [2.05, 4.69) is 40.7 Å². The third-order valence-corrected chi connectivity index (χ3v) is 4.07. The van der Waals surface area contributed by atoms with Crippen molar-refractivity contribution >= 4 is 34.5 Å². The summed E-state index contributed by atoms with van der Waals surface area (Å²) in [6.45, 7) is 6.54. The van der Waals surface area contributed by atoms with Gasteiger partial charge in [-0.05, 0) is 17.5 Å². The molecule has 0 radical (unpaired) electrons. The highest BCUT2D eigenvalue weighted by Gasteiger charge is 2.15. The molecule has 0 aromatic carbocycles. The van der Waals surface area contributed by atoms with Crippen LogP contribution in [0.3, 0.4) is 0 Å². The molecule has 0 bridgehead atoms. The lowest BCUT2D eigenvalue weighted by Crippen LogP contribution is -2.06. The zero-order chi connectivity index (χ0) is 11.7. The average Bonchev–Trinajstić information content (AvgIpc) is 2.65. The van der Waals surface area contributed by atoms with E-state index < -0.39 is 0 Å². The highest BCUT2D eigenvalue weighted by atomic mass is 35.5. The van der Waals surface area contributed by atoms with Crippen LogP contribution in [0.5, 0.6) is 0 Å². The molecular formula is C10H13ClN4S. The predicted molar refractivity (Wildman–Crippen MR) is 66.9 cm³/mol. The molecule has 0 aliphatic heterocycles. The summed E-state index contributed by atoms with van der Waals surface area (Å²) in [6.07, 6.45) is 1.61. The Hall–Kier alpha value is -0.810. The van der Waals surface area contributed by atoms with Gasteiger partial charge in [0.2, 0.25) is 5.28 Å². The number of nitrogens with one attached hydrogen (secondary N) is 1. The molecule has 2 aromatic heterocycles. The van der Waals surface area contributed by atoms with Gasteiger partial charge in [-0.25, -0.2) is 9.97 Å². The summed E-state index contributed by atoms with van der Waals surface area (Å²) >= 11 is 7.55. The number of nitrogens with zero attached hydrogens (tertiary/aromatic N) is 3. The van der Waals surface area contributed by atoms with Gasteiger partial charge in [0.05, 0.1) is 6.33 Å². The highest BCUT2D eigenvalue weighted by molar-refractivity contribution is 8.00. The molecule has 6 heteroatoms. The van der Waals surface area contributed by atoms with Gasteiger partial charge < -0.3 is 4.98 Å². The molecule has 1 N–H and O–H groups in total. The van der Waals surface area contributed by atoms with Gasteiger partial charge in [-0.3, -0.25) is 0 Å². The first-order valence-electron chi connectivity index (χ1n) is 5.11. The van der Waals surface area contributed by atoms with E-state index in [9.17, 15) is 0 Å². The number of thioether (sulfide) groups is 1. The number of aromatic amines is 1. The predicted octanol–water partition coefficient (Wildman–Crippen LogP) is 3.14. The molecule has 0 spiro atoms. The van der Waals surface area contributed by atoms with Crippen molar-refractivity contribution in [2.24, 2.45) is 5.92 Å². The maximum Gasteiger partial charge on any atom is 0.225 e. The van der Waals surface area contributed by atoms with Crippen molar-refractivity contribution in [1.82, 2.24) is 19.9 Å². The first-order valence-corrected chi connectivity index (χ1v) is 6.37. The van der Waals surface area contributed by atoms with E-state index in [-0.39, 0.29) is 5.28 Å². The van der Waals surface area contributed by atoms with Crippen molar-refractivity contribution < 1.29 is 0 Å². The summed E-state index contributed by atoms with van der Waals surface area (Å²) in [5.41, 5.74) is 1.49. The van der Waals surface area contributed by atoms with E-state index >= 15 is 0 Å². The van der Waals surface area contributed by atoms with Gasteiger partial charge >= 0.3 is 0 Å². The average molecular weight is 257 g/mol. The zero-order valence-corrected chi connectivity index (χ0v) is 10.9. The molecule has 0 aliphatic rings. The van der Waals surface area contributed by atoms with Crippen LogP contribution in [-0.4, -0.2) is 25.2 Å². The minimum Gasteiger partial charge on any atom is -0.341 e. The fourth-order valence-electron chi connectivity index (χ4n) is 1.18. The van der Waals surface area contributed by atoms with E-state index in [0.717, 1.165) is 10.5 Å². The van der Waals surface area contributed by atoms with Gasteiger partial charge in [0.15, 0.2) is 5.65 Å². The molecule has 86 valence electrons. The topological polar surface area (TPSA) is 54.5 Å². The second-order valence-electron chi connectivity index (χ2n) is 3.97. The fraction of sp³-hybridized carbons (Fsp3) is 0.500. The van der Waals surface area contributed by atoms with Crippen molar-refractivity contribution in [3.8, 4) is 0 Å². The van der Waals surface area contributed by atoms with E-state index in [1.165, 1.54) is 0 Å². The Morgan fingerprint density at radius 3 is 2.75 bits per heavy atom. The van der Waals surface area contributed by atoms with Crippen LogP contribution in [0, 0.1) is 5.92 Å². The number of aromatic nitrogens is 4. The van der Waals surface area contributed by atoms with Gasteiger partial charge in [-0.15, -0.1) is 11.8 Å². The van der Waals surface area contributed by atoms with Crippen LogP contribution in [0.25, 0.3) is 11.2 Å². The summed E-state index contributed by atoms with van der Waals surface area (Å²) in [5.74, 6) is 0.580. The lowest BCUT2D eigenvalue weighted by molar-refractivity contribution is 0.641. The van der Waals surface area contributed by atoms with Gasteiger partial charge in [0.25, 0.3) is 0 Å². The van der Waals surface area contributed by atoms with Crippen LogP contribution in [0.1, 0.15) is 20.8 Å². The fourth-order valence-corrected chi connectivity index (χ4v) is 2.42. The molecule has 16 heavy (non-hydrogen) atoms. The number of hydrogen-bond acceptors (Lipinski definition) is 4. The van der Waals surface area contributed by atoms with Crippen LogP contribution in [-0.2, 0) is 0 Å². The molecule has 0 amide bonds. The largest absolute Gasteiger partial charge is 0.341 e. The molecule has 4 nitrogen and oxygen atoms in total. The minimum absolute atomic E-state index is 0.248. The normalized spacial score (nSPS) is 13.6.